The third-order valence-electron chi connectivity index (χ3n) is 3.82. The zero-order valence-corrected chi connectivity index (χ0v) is 14.7. The van der Waals surface area contributed by atoms with E-state index in [2.05, 4.69) is 0 Å². The maximum Gasteiger partial charge on any atom is 0.310 e. The van der Waals surface area contributed by atoms with Crippen LogP contribution in [0.2, 0.25) is 10.0 Å². The molecule has 0 radical (unpaired) electrons. The van der Waals surface area contributed by atoms with Crippen molar-refractivity contribution >= 4 is 35.0 Å². The number of nitrogens with zero attached hydrogens (tertiary/aromatic N) is 1. The second-order valence-corrected chi connectivity index (χ2v) is 6.12. The second-order valence-electron chi connectivity index (χ2n) is 5.30. The maximum absolute atomic E-state index is 12.2. The van der Waals surface area contributed by atoms with Crippen molar-refractivity contribution in [3.8, 4) is 0 Å². The lowest BCUT2D eigenvalue weighted by molar-refractivity contribution is -0.141. The summed E-state index contributed by atoms with van der Waals surface area (Å²) in [5.41, 5.74) is 2.88. The van der Waals surface area contributed by atoms with Gasteiger partial charge in [0.1, 0.15) is 0 Å². The van der Waals surface area contributed by atoms with Crippen molar-refractivity contribution in [2.45, 2.75) is 20.3 Å². The van der Waals surface area contributed by atoms with Crippen LogP contribution in [0.3, 0.4) is 0 Å². The summed E-state index contributed by atoms with van der Waals surface area (Å²) in [6.45, 7) is 3.46. The third-order valence-corrected chi connectivity index (χ3v) is 4.53. The van der Waals surface area contributed by atoms with E-state index in [-0.39, 0.29) is 18.8 Å². The number of halogens is 2. The first-order valence-corrected chi connectivity index (χ1v) is 7.81. The second kappa shape index (κ2) is 7.20. The van der Waals surface area contributed by atoms with Crippen molar-refractivity contribution in [2.24, 2.45) is 7.05 Å². The Morgan fingerprint density at radius 3 is 2.30 bits per heavy atom. The lowest BCUT2D eigenvalue weighted by Gasteiger charge is -2.07. The zero-order chi connectivity index (χ0) is 17.1. The SMILES string of the molecule is Cc1cc(C(=O)COC(=O)Cc2c(Cl)cccc2Cl)c(C)n1C. The Balaban J connectivity index is 1.99. The van der Waals surface area contributed by atoms with Crippen molar-refractivity contribution in [2.75, 3.05) is 6.61 Å². The summed E-state index contributed by atoms with van der Waals surface area (Å²) in [6.07, 6.45) is -0.0708. The van der Waals surface area contributed by atoms with Gasteiger partial charge in [-0.2, -0.15) is 0 Å². The number of esters is 1. The normalized spacial score (nSPS) is 10.7. The Labute approximate surface area is 145 Å². The van der Waals surface area contributed by atoms with E-state index in [0.29, 0.717) is 21.2 Å². The molecule has 4 nitrogen and oxygen atoms in total. The van der Waals surface area contributed by atoms with Gasteiger partial charge in [0.2, 0.25) is 5.78 Å². The molecular formula is C17H17Cl2NO3. The number of carbonyl (C=O) groups excluding carboxylic acids is 2. The highest BCUT2D eigenvalue weighted by Gasteiger charge is 2.17. The van der Waals surface area contributed by atoms with Crippen LogP contribution in [0.25, 0.3) is 0 Å². The quantitative estimate of drug-likeness (QED) is 0.604. The van der Waals surface area contributed by atoms with E-state index in [0.717, 1.165) is 11.4 Å². The van der Waals surface area contributed by atoms with E-state index >= 15 is 0 Å². The Morgan fingerprint density at radius 1 is 1.17 bits per heavy atom. The van der Waals surface area contributed by atoms with E-state index in [4.69, 9.17) is 27.9 Å². The molecule has 1 aromatic heterocycles. The Hall–Kier alpha value is -1.78. The van der Waals surface area contributed by atoms with E-state index < -0.39 is 5.97 Å². The summed E-state index contributed by atoms with van der Waals surface area (Å²) in [4.78, 5) is 24.1. The fourth-order valence-corrected chi connectivity index (χ4v) is 2.79. The summed E-state index contributed by atoms with van der Waals surface area (Å²) in [6, 6.07) is 6.79. The predicted octanol–water partition coefficient (Wildman–Crippen LogP) is 3.92. The van der Waals surface area contributed by atoms with Gasteiger partial charge in [-0.1, -0.05) is 29.3 Å². The monoisotopic (exact) mass is 353 g/mol. The topological polar surface area (TPSA) is 48.3 Å². The van der Waals surface area contributed by atoms with Crippen molar-refractivity contribution in [1.29, 1.82) is 0 Å². The van der Waals surface area contributed by atoms with Crippen LogP contribution in [0.1, 0.15) is 27.3 Å². The molecule has 1 heterocycles. The van der Waals surface area contributed by atoms with Gasteiger partial charge in [0.25, 0.3) is 0 Å². The van der Waals surface area contributed by atoms with Crippen LogP contribution < -0.4 is 0 Å². The summed E-state index contributed by atoms with van der Waals surface area (Å²) in [5.74, 6) is -0.775. The van der Waals surface area contributed by atoms with Gasteiger partial charge in [-0.15, -0.1) is 0 Å². The van der Waals surface area contributed by atoms with Crippen LogP contribution >= 0.6 is 23.2 Å². The van der Waals surface area contributed by atoms with E-state index in [1.54, 1.807) is 24.3 Å². The van der Waals surface area contributed by atoms with Gasteiger partial charge in [-0.3, -0.25) is 9.59 Å². The van der Waals surface area contributed by atoms with Gasteiger partial charge in [0, 0.05) is 39.6 Å². The molecule has 0 N–H and O–H groups in total. The smallest absolute Gasteiger partial charge is 0.310 e. The van der Waals surface area contributed by atoms with E-state index in [1.165, 1.54) is 0 Å². The number of hydrogen-bond acceptors (Lipinski definition) is 3. The minimum absolute atomic E-state index is 0.0708. The predicted molar refractivity (Wildman–Crippen MR) is 90.3 cm³/mol. The Bertz CT molecular complexity index is 745. The molecule has 0 saturated heterocycles. The molecule has 0 aliphatic carbocycles. The minimum Gasteiger partial charge on any atom is -0.457 e. The van der Waals surface area contributed by atoms with Gasteiger partial charge < -0.3 is 9.30 Å². The molecule has 6 heteroatoms. The molecule has 0 saturated carbocycles. The van der Waals surface area contributed by atoms with E-state index in [1.807, 2.05) is 25.5 Å². The van der Waals surface area contributed by atoms with Crippen molar-refractivity contribution in [3.05, 3.63) is 56.8 Å². The molecule has 0 aliphatic heterocycles. The molecule has 2 rings (SSSR count). The van der Waals surface area contributed by atoms with Crippen molar-refractivity contribution in [3.63, 3.8) is 0 Å². The first kappa shape index (κ1) is 17.6. The fraction of sp³-hybridized carbons (Fsp3) is 0.294. The molecule has 0 atom stereocenters. The lowest BCUT2D eigenvalue weighted by Crippen LogP contribution is -2.16. The highest BCUT2D eigenvalue weighted by Crippen LogP contribution is 2.25. The van der Waals surface area contributed by atoms with Gasteiger partial charge in [0.15, 0.2) is 6.61 Å². The molecule has 1 aromatic carbocycles. The van der Waals surface area contributed by atoms with Crippen molar-refractivity contribution < 1.29 is 14.3 Å². The number of carbonyl (C=O) groups is 2. The van der Waals surface area contributed by atoms with Crippen LogP contribution in [-0.4, -0.2) is 22.9 Å². The summed E-state index contributed by atoms with van der Waals surface area (Å²) in [5, 5.41) is 0.797. The van der Waals surface area contributed by atoms with Crippen LogP contribution in [0, 0.1) is 13.8 Å². The molecule has 0 spiro atoms. The molecule has 0 unspecified atom stereocenters. The molecule has 2 aromatic rings. The summed E-state index contributed by atoms with van der Waals surface area (Å²) < 4.78 is 6.98. The average Bonchev–Trinajstić information content (AvgIpc) is 2.76. The van der Waals surface area contributed by atoms with Crippen LogP contribution in [-0.2, 0) is 23.0 Å². The van der Waals surface area contributed by atoms with Crippen LogP contribution in [0.15, 0.2) is 24.3 Å². The molecule has 0 aliphatic rings. The largest absolute Gasteiger partial charge is 0.457 e. The number of aryl methyl sites for hydroxylation is 1. The highest BCUT2D eigenvalue weighted by molar-refractivity contribution is 6.36. The number of hydrogen-bond donors (Lipinski definition) is 0. The molecule has 0 amide bonds. The fourth-order valence-electron chi connectivity index (χ4n) is 2.26. The first-order valence-electron chi connectivity index (χ1n) is 7.06. The summed E-state index contributed by atoms with van der Waals surface area (Å²) in [7, 11) is 1.88. The molecule has 122 valence electrons. The van der Waals surface area contributed by atoms with Gasteiger partial charge >= 0.3 is 5.97 Å². The maximum atomic E-state index is 12.2. The van der Waals surface area contributed by atoms with Gasteiger partial charge in [-0.05, 0) is 32.0 Å². The highest BCUT2D eigenvalue weighted by atomic mass is 35.5. The van der Waals surface area contributed by atoms with Gasteiger partial charge in [0.05, 0.1) is 6.42 Å². The average molecular weight is 354 g/mol. The summed E-state index contributed by atoms with van der Waals surface area (Å²) >= 11 is 12.0. The molecule has 23 heavy (non-hydrogen) atoms. The lowest BCUT2D eigenvalue weighted by atomic mass is 10.1. The van der Waals surface area contributed by atoms with Crippen LogP contribution in [0.4, 0.5) is 0 Å². The third kappa shape index (κ3) is 3.95. The molecular weight excluding hydrogens is 337 g/mol. The minimum atomic E-state index is -0.543. The number of Topliss-reactive ketones (excluding diaryl/α,β-unsaturated/α-hetero) is 1. The van der Waals surface area contributed by atoms with Crippen molar-refractivity contribution in [1.82, 2.24) is 4.57 Å². The van der Waals surface area contributed by atoms with Crippen LogP contribution in [0.5, 0.6) is 0 Å². The van der Waals surface area contributed by atoms with Gasteiger partial charge in [-0.25, -0.2) is 0 Å². The number of benzene rings is 1. The number of ketones is 1. The molecule has 0 fully saturated rings. The Kier molecular flexibility index (Phi) is 5.50. The number of rotatable bonds is 5. The zero-order valence-electron chi connectivity index (χ0n) is 13.2. The Morgan fingerprint density at radius 2 is 1.78 bits per heavy atom. The van der Waals surface area contributed by atoms with E-state index in [9.17, 15) is 9.59 Å². The molecule has 0 bridgehead atoms. The standard InChI is InChI=1S/C17H17Cl2NO3/c1-10-7-12(11(2)20(10)3)16(21)9-23-17(22)8-13-14(18)5-4-6-15(13)19/h4-7H,8-9H2,1-3H3. The number of aromatic nitrogens is 1. The first-order chi connectivity index (χ1) is 10.8. The number of ether oxygens (including phenoxy) is 1.